The minimum Gasteiger partial charge on any atom is -0.366 e. The van der Waals surface area contributed by atoms with Crippen molar-refractivity contribution in [3.63, 3.8) is 0 Å². The summed E-state index contributed by atoms with van der Waals surface area (Å²) < 4.78 is 27.2. The van der Waals surface area contributed by atoms with Gasteiger partial charge >= 0.3 is 0 Å². The lowest BCUT2D eigenvalue weighted by molar-refractivity contribution is 0.100. The molecule has 1 aromatic heterocycles. The van der Waals surface area contributed by atoms with E-state index in [-0.39, 0.29) is 0 Å². The van der Waals surface area contributed by atoms with Crippen molar-refractivity contribution in [3.8, 4) is 0 Å². The fraction of sp³-hybridized carbons (Fsp3) is 0.263. The van der Waals surface area contributed by atoms with Crippen molar-refractivity contribution in [3.05, 3.63) is 59.2 Å². The largest absolute Gasteiger partial charge is 0.366 e. The van der Waals surface area contributed by atoms with E-state index in [0.29, 0.717) is 43.9 Å². The van der Waals surface area contributed by atoms with Gasteiger partial charge in [-0.05, 0) is 24.3 Å². The Morgan fingerprint density at radius 3 is 2.67 bits per heavy atom. The second kappa shape index (κ2) is 6.96. The first-order valence-electron chi connectivity index (χ1n) is 8.71. The molecule has 0 saturated carbocycles. The molecule has 8 heteroatoms. The van der Waals surface area contributed by atoms with Gasteiger partial charge in [-0.1, -0.05) is 12.1 Å². The van der Waals surface area contributed by atoms with Gasteiger partial charge in [-0.25, -0.2) is 13.8 Å². The molecule has 0 aliphatic carbocycles. The molecule has 1 saturated heterocycles. The average Bonchev–Trinajstić information content (AvgIpc) is 3.09. The zero-order valence-electron chi connectivity index (χ0n) is 14.6. The number of aromatic amines is 1. The van der Waals surface area contributed by atoms with Gasteiger partial charge in [0.1, 0.15) is 0 Å². The number of primary amides is 1. The molecule has 27 heavy (non-hydrogen) atoms. The van der Waals surface area contributed by atoms with Crippen LogP contribution in [0.15, 0.2) is 36.4 Å². The van der Waals surface area contributed by atoms with Crippen LogP contribution in [0.2, 0.25) is 0 Å². The number of carbonyl (C=O) groups excluding carboxylic acids is 1. The molecule has 1 fully saturated rings. The number of rotatable bonds is 4. The molecule has 2 aromatic carbocycles. The molecule has 1 amide bonds. The molecule has 1 aliphatic heterocycles. The number of anilines is 1. The van der Waals surface area contributed by atoms with Gasteiger partial charge in [-0.3, -0.25) is 9.69 Å². The van der Waals surface area contributed by atoms with Crippen LogP contribution in [0.5, 0.6) is 0 Å². The fourth-order valence-corrected chi connectivity index (χ4v) is 3.33. The molecule has 0 atom stereocenters. The summed E-state index contributed by atoms with van der Waals surface area (Å²) in [4.78, 5) is 23.3. The monoisotopic (exact) mass is 371 g/mol. The molecular weight excluding hydrogens is 352 g/mol. The van der Waals surface area contributed by atoms with Gasteiger partial charge in [-0.2, -0.15) is 0 Å². The van der Waals surface area contributed by atoms with E-state index < -0.39 is 17.5 Å². The third-order valence-electron chi connectivity index (χ3n) is 4.85. The number of imidazole rings is 1. The maximum absolute atomic E-state index is 13.8. The van der Waals surface area contributed by atoms with Crippen molar-refractivity contribution < 1.29 is 13.6 Å². The highest BCUT2D eigenvalue weighted by Crippen LogP contribution is 2.21. The summed E-state index contributed by atoms with van der Waals surface area (Å²) in [6, 6.07) is 9.37. The molecule has 0 unspecified atom stereocenters. The molecule has 0 spiro atoms. The van der Waals surface area contributed by atoms with Gasteiger partial charge in [0.05, 0.1) is 11.0 Å². The number of piperazine rings is 1. The molecule has 0 bridgehead atoms. The van der Waals surface area contributed by atoms with Crippen LogP contribution in [0.25, 0.3) is 11.0 Å². The molecule has 1 aliphatic rings. The first-order chi connectivity index (χ1) is 13.0. The number of halogens is 2. The third kappa shape index (κ3) is 3.48. The number of aromatic nitrogens is 2. The molecule has 0 radical (unpaired) electrons. The maximum atomic E-state index is 13.8. The SMILES string of the molecule is NC(=O)c1ccc2nc(N3CCN(Cc4cccc(F)c4F)CC3)[nH]c2c1. The van der Waals surface area contributed by atoms with Gasteiger partial charge in [0.25, 0.3) is 0 Å². The lowest BCUT2D eigenvalue weighted by atomic mass is 10.2. The molecule has 6 nitrogen and oxygen atoms in total. The van der Waals surface area contributed by atoms with Gasteiger partial charge in [0.15, 0.2) is 11.6 Å². The highest BCUT2D eigenvalue weighted by Gasteiger charge is 2.21. The second-order valence-electron chi connectivity index (χ2n) is 6.63. The van der Waals surface area contributed by atoms with Crippen LogP contribution in [-0.4, -0.2) is 47.0 Å². The number of nitrogens with two attached hydrogens (primary N) is 1. The van der Waals surface area contributed by atoms with Crippen LogP contribution < -0.4 is 10.6 Å². The Hall–Kier alpha value is -3.00. The summed E-state index contributed by atoms with van der Waals surface area (Å²) in [5, 5.41) is 0. The van der Waals surface area contributed by atoms with Crippen LogP contribution in [0.3, 0.4) is 0 Å². The van der Waals surface area contributed by atoms with E-state index in [1.807, 2.05) is 0 Å². The van der Waals surface area contributed by atoms with Gasteiger partial charge in [0, 0.05) is 43.9 Å². The Kier molecular flexibility index (Phi) is 4.49. The molecule has 4 rings (SSSR count). The van der Waals surface area contributed by atoms with Crippen LogP contribution in [-0.2, 0) is 6.54 Å². The van der Waals surface area contributed by atoms with E-state index in [1.54, 1.807) is 24.3 Å². The van der Waals surface area contributed by atoms with E-state index in [2.05, 4.69) is 19.8 Å². The minimum atomic E-state index is -0.816. The van der Waals surface area contributed by atoms with Gasteiger partial charge in [-0.15, -0.1) is 0 Å². The van der Waals surface area contributed by atoms with Crippen molar-refractivity contribution in [2.75, 3.05) is 31.1 Å². The lowest BCUT2D eigenvalue weighted by Gasteiger charge is -2.34. The Balaban J connectivity index is 1.44. The topological polar surface area (TPSA) is 78.2 Å². The molecule has 2 heterocycles. The summed E-state index contributed by atoms with van der Waals surface area (Å²) in [6.45, 7) is 3.21. The number of benzene rings is 2. The predicted molar refractivity (Wildman–Crippen MR) is 98.5 cm³/mol. The van der Waals surface area contributed by atoms with Crippen molar-refractivity contribution in [1.82, 2.24) is 14.9 Å². The van der Waals surface area contributed by atoms with Gasteiger partial charge < -0.3 is 15.6 Å². The zero-order valence-corrected chi connectivity index (χ0v) is 14.6. The fourth-order valence-electron chi connectivity index (χ4n) is 3.33. The smallest absolute Gasteiger partial charge is 0.248 e. The number of H-pyrrole nitrogens is 1. The third-order valence-corrected chi connectivity index (χ3v) is 4.85. The number of hydrogen-bond donors (Lipinski definition) is 2. The lowest BCUT2D eigenvalue weighted by Crippen LogP contribution is -2.46. The summed E-state index contributed by atoms with van der Waals surface area (Å²) in [5.41, 5.74) is 7.63. The van der Waals surface area contributed by atoms with E-state index in [1.165, 1.54) is 6.07 Å². The van der Waals surface area contributed by atoms with E-state index in [0.717, 1.165) is 23.0 Å². The van der Waals surface area contributed by atoms with Crippen molar-refractivity contribution in [2.24, 2.45) is 5.73 Å². The van der Waals surface area contributed by atoms with Crippen LogP contribution in [0, 0.1) is 11.6 Å². The standard InChI is InChI=1S/C19H19F2N5O/c20-14-3-1-2-13(17(14)21)11-25-6-8-26(9-7-25)19-23-15-5-4-12(18(22)27)10-16(15)24-19/h1-5,10H,6-9,11H2,(H2,22,27)(H,23,24). The summed E-state index contributed by atoms with van der Waals surface area (Å²) >= 11 is 0. The Morgan fingerprint density at radius 2 is 1.93 bits per heavy atom. The van der Waals surface area contributed by atoms with Crippen LogP contribution in [0.4, 0.5) is 14.7 Å². The highest BCUT2D eigenvalue weighted by molar-refractivity contribution is 5.96. The Morgan fingerprint density at radius 1 is 1.15 bits per heavy atom. The first-order valence-corrected chi connectivity index (χ1v) is 8.71. The number of nitrogens with one attached hydrogen (secondary N) is 1. The normalized spacial score (nSPS) is 15.4. The molecule has 3 N–H and O–H groups in total. The zero-order chi connectivity index (χ0) is 19.0. The minimum absolute atomic E-state index is 0.367. The average molecular weight is 371 g/mol. The predicted octanol–water partition coefficient (Wildman–Crippen LogP) is 2.26. The summed E-state index contributed by atoms with van der Waals surface area (Å²) in [5.74, 6) is -1.35. The van der Waals surface area contributed by atoms with E-state index in [4.69, 9.17) is 5.73 Å². The summed E-state index contributed by atoms with van der Waals surface area (Å²) in [6.07, 6.45) is 0. The maximum Gasteiger partial charge on any atom is 0.248 e. The number of hydrogen-bond acceptors (Lipinski definition) is 4. The quantitative estimate of drug-likeness (QED) is 0.738. The molecule has 3 aromatic rings. The van der Waals surface area contributed by atoms with Crippen LogP contribution >= 0.6 is 0 Å². The van der Waals surface area contributed by atoms with Crippen molar-refractivity contribution >= 4 is 22.9 Å². The Labute approximate surface area is 154 Å². The number of carbonyl (C=O) groups is 1. The molecule has 140 valence electrons. The van der Waals surface area contributed by atoms with Crippen molar-refractivity contribution in [1.29, 1.82) is 0 Å². The second-order valence-corrected chi connectivity index (χ2v) is 6.63. The van der Waals surface area contributed by atoms with E-state index in [9.17, 15) is 13.6 Å². The van der Waals surface area contributed by atoms with E-state index >= 15 is 0 Å². The number of amides is 1. The van der Waals surface area contributed by atoms with Crippen molar-refractivity contribution in [2.45, 2.75) is 6.54 Å². The summed E-state index contributed by atoms with van der Waals surface area (Å²) in [7, 11) is 0. The number of nitrogens with zero attached hydrogens (tertiary/aromatic N) is 3. The Bertz CT molecular complexity index is 995. The highest BCUT2D eigenvalue weighted by atomic mass is 19.2. The van der Waals surface area contributed by atoms with Gasteiger partial charge in [0.2, 0.25) is 11.9 Å². The molecular formula is C19H19F2N5O. The first kappa shape index (κ1) is 17.4. The van der Waals surface area contributed by atoms with Crippen LogP contribution in [0.1, 0.15) is 15.9 Å². The number of fused-ring (bicyclic) bond motifs is 1.